The predicted octanol–water partition coefficient (Wildman–Crippen LogP) is 2.35. The average molecular weight is 451 g/mol. The van der Waals surface area contributed by atoms with Gasteiger partial charge in [-0.05, 0) is 11.5 Å². The highest BCUT2D eigenvalue weighted by molar-refractivity contribution is 7.92. The highest BCUT2D eigenvalue weighted by Gasteiger charge is 2.35. The van der Waals surface area contributed by atoms with Gasteiger partial charge in [-0.2, -0.15) is 5.26 Å². The Bertz CT molecular complexity index is 1130. The van der Waals surface area contributed by atoms with Crippen LogP contribution in [0, 0.1) is 11.3 Å². The van der Waals surface area contributed by atoms with E-state index >= 15 is 0 Å². The second-order valence-corrected chi connectivity index (χ2v) is 10.9. The molecule has 2 heterocycles. The normalized spacial score (nSPS) is 15.9. The predicted molar refractivity (Wildman–Crippen MR) is 112 cm³/mol. The number of amides is 1. The number of carbonyl (C=O) groups excluding carboxylic acids is 1. The Kier molecular flexibility index (Phi) is 5.85. The zero-order valence-corrected chi connectivity index (χ0v) is 18.8. The molecule has 3 rings (SSSR count). The van der Waals surface area contributed by atoms with E-state index < -0.39 is 9.84 Å². The summed E-state index contributed by atoms with van der Waals surface area (Å²) in [5.74, 6) is 0.596. The van der Waals surface area contributed by atoms with E-state index in [0.29, 0.717) is 27.9 Å². The molecule has 1 fully saturated rings. The standard InChI is InChI=1S/C20H23ClN4O4S/c1-20(2,3)14-5-12(7-22)15(21)6-17(14)29-9-18-23-8-16(25(18)4)19(26)24-13-10-30(27,28)11-13/h5-6,8,13H,9-11H2,1-4H3,(H,24,26). The number of imidazole rings is 1. The Morgan fingerprint density at radius 3 is 2.63 bits per heavy atom. The molecule has 2 aromatic rings. The van der Waals surface area contributed by atoms with E-state index in [4.69, 9.17) is 16.3 Å². The van der Waals surface area contributed by atoms with Gasteiger partial charge in [-0.3, -0.25) is 4.79 Å². The van der Waals surface area contributed by atoms with E-state index in [0.717, 1.165) is 5.56 Å². The Morgan fingerprint density at radius 2 is 2.07 bits per heavy atom. The lowest BCUT2D eigenvalue weighted by Gasteiger charge is -2.26. The van der Waals surface area contributed by atoms with Crippen molar-refractivity contribution in [3.8, 4) is 11.8 Å². The average Bonchev–Trinajstić information content (AvgIpc) is 2.98. The van der Waals surface area contributed by atoms with Crippen LogP contribution in [-0.4, -0.2) is 41.4 Å². The first-order chi connectivity index (χ1) is 13.9. The third-order valence-electron chi connectivity index (χ3n) is 4.92. The molecule has 1 amide bonds. The summed E-state index contributed by atoms with van der Waals surface area (Å²) >= 11 is 6.18. The maximum absolute atomic E-state index is 12.4. The molecule has 0 bridgehead atoms. The first kappa shape index (κ1) is 22.1. The SMILES string of the molecule is Cn1c(C(=O)NC2CS(=O)(=O)C2)cnc1COc1cc(Cl)c(C#N)cc1C(C)(C)C. The number of carbonyl (C=O) groups is 1. The minimum absolute atomic E-state index is 0.0401. The molecule has 0 spiro atoms. The fourth-order valence-corrected chi connectivity index (χ4v) is 4.68. The first-order valence-electron chi connectivity index (χ1n) is 9.30. The number of hydrogen-bond acceptors (Lipinski definition) is 6. The molecule has 10 heteroatoms. The van der Waals surface area contributed by atoms with Crippen LogP contribution in [0.3, 0.4) is 0 Å². The zero-order valence-electron chi connectivity index (χ0n) is 17.2. The van der Waals surface area contributed by atoms with Crippen LogP contribution in [0.15, 0.2) is 18.3 Å². The van der Waals surface area contributed by atoms with Gasteiger partial charge in [0, 0.05) is 18.7 Å². The summed E-state index contributed by atoms with van der Waals surface area (Å²) in [6.07, 6.45) is 1.43. The molecule has 1 saturated heterocycles. The van der Waals surface area contributed by atoms with Crippen LogP contribution >= 0.6 is 11.6 Å². The summed E-state index contributed by atoms with van der Waals surface area (Å²) in [5, 5.41) is 12.3. The summed E-state index contributed by atoms with van der Waals surface area (Å²) < 4.78 is 30.1. The molecule has 0 atom stereocenters. The highest BCUT2D eigenvalue weighted by atomic mass is 35.5. The summed E-state index contributed by atoms with van der Waals surface area (Å²) in [5.41, 5.74) is 1.25. The van der Waals surface area contributed by atoms with Gasteiger partial charge >= 0.3 is 0 Å². The molecule has 0 unspecified atom stereocenters. The molecular weight excluding hydrogens is 428 g/mol. The Hall–Kier alpha value is -2.57. The maximum Gasteiger partial charge on any atom is 0.269 e. The smallest absolute Gasteiger partial charge is 0.269 e. The second-order valence-electron chi connectivity index (χ2n) is 8.34. The molecule has 1 aromatic heterocycles. The zero-order chi connectivity index (χ0) is 22.3. The summed E-state index contributed by atoms with van der Waals surface area (Å²) in [6.45, 7) is 6.11. The number of rotatable bonds is 5. The van der Waals surface area contributed by atoms with Gasteiger partial charge in [0.2, 0.25) is 0 Å². The number of sulfone groups is 1. The van der Waals surface area contributed by atoms with E-state index in [1.807, 2.05) is 20.8 Å². The largest absolute Gasteiger partial charge is 0.485 e. The molecule has 0 radical (unpaired) electrons. The van der Waals surface area contributed by atoms with Crippen molar-refractivity contribution >= 4 is 27.3 Å². The van der Waals surface area contributed by atoms with Gasteiger partial charge in [0.25, 0.3) is 5.91 Å². The molecule has 0 saturated carbocycles. The van der Waals surface area contributed by atoms with Crippen LogP contribution < -0.4 is 10.1 Å². The Balaban J connectivity index is 1.75. The van der Waals surface area contributed by atoms with Crippen molar-refractivity contribution in [1.82, 2.24) is 14.9 Å². The fourth-order valence-electron chi connectivity index (χ4n) is 3.19. The number of nitrogens with one attached hydrogen (secondary N) is 1. The summed E-state index contributed by atoms with van der Waals surface area (Å²) in [6, 6.07) is 5.05. The molecule has 0 aliphatic carbocycles. The van der Waals surface area contributed by atoms with Crippen molar-refractivity contribution in [3.63, 3.8) is 0 Å². The Morgan fingerprint density at radius 1 is 1.40 bits per heavy atom. The van der Waals surface area contributed by atoms with Crippen LogP contribution in [0.1, 0.15) is 48.2 Å². The number of hydrogen-bond donors (Lipinski definition) is 1. The van der Waals surface area contributed by atoms with Gasteiger partial charge < -0.3 is 14.6 Å². The van der Waals surface area contributed by atoms with Crippen molar-refractivity contribution < 1.29 is 17.9 Å². The lowest BCUT2D eigenvalue weighted by molar-refractivity contribution is 0.0933. The highest BCUT2D eigenvalue weighted by Crippen LogP contribution is 2.35. The van der Waals surface area contributed by atoms with Crippen LogP contribution in [0.5, 0.6) is 5.75 Å². The molecule has 1 aliphatic rings. The molecule has 1 aromatic carbocycles. The molecular formula is C20H23ClN4O4S. The fraction of sp³-hybridized carbons (Fsp3) is 0.450. The Labute approximate surface area is 180 Å². The van der Waals surface area contributed by atoms with Gasteiger partial charge in [-0.25, -0.2) is 13.4 Å². The van der Waals surface area contributed by atoms with Gasteiger partial charge in [0.1, 0.15) is 29.9 Å². The van der Waals surface area contributed by atoms with Gasteiger partial charge in [-0.15, -0.1) is 0 Å². The minimum Gasteiger partial charge on any atom is -0.485 e. The number of aromatic nitrogens is 2. The number of nitriles is 1. The third-order valence-corrected chi connectivity index (χ3v) is 7.05. The van der Waals surface area contributed by atoms with E-state index in [1.165, 1.54) is 6.20 Å². The molecule has 30 heavy (non-hydrogen) atoms. The monoisotopic (exact) mass is 450 g/mol. The van der Waals surface area contributed by atoms with Crippen LogP contribution in [0.4, 0.5) is 0 Å². The van der Waals surface area contributed by atoms with E-state index in [2.05, 4.69) is 16.4 Å². The lowest BCUT2D eigenvalue weighted by Crippen LogP contribution is -2.53. The van der Waals surface area contributed by atoms with E-state index in [9.17, 15) is 18.5 Å². The quantitative estimate of drug-likeness (QED) is 0.747. The topological polar surface area (TPSA) is 114 Å². The molecule has 160 valence electrons. The number of ether oxygens (including phenoxy) is 1. The number of nitrogens with zero attached hydrogens (tertiary/aromatic N) is 3. The third kappa shape index (κ3) is 4.60. The van der Waals surface area contributed by atoms with Crippen LogP contribution in [-0.2, 0) is 28.9 Å². The van der Waals surface area contributed by atoms with Crippen molar-refractivity contribution in [2.75, 3.05) is 11.5 Å². The van der Waals surface area contributed by atoms with Gasteiger partial charge in [0.05, 0.1) is 34.3 Å². The maximum atomic E-state index is 12.4. The van der Waals surface area contributed by atoms with Crippen molar-refractivity contribution in [1.29, 1.82) is 5.26 Å². The minimum atomic E-state index is -3.02. The summed E-state index contributed by atoms with van der Waals surface area (Å²) in [4.78, 5) is 16.7. The van der Waals surface area contributed by atoms with E-state index in [1.54, 1.807) is 23.7 Å². The van der Waals surface area contributed by atoms with Gasteiger partial charge in [0.15, 0.2) is 9.84 Å². The summed E-state index contributed by atoms with van der Waals surface area (Å²) in [7, 11) is -1.33. The van der Waals surface area contributed by atoms with Crippen molar-refractivity contribution in [3.05, 3.63) is 46.0 Å². The molecule has 1 aliphatic heterocycles. The van der Waals surface area contributed by atoms with Crippen molar-refractivity contribution in [2.24, 2.45) is 7.05 Å². The van der Waals surface area contributed by atoms with E-state index in [-0.39, 0.29) is 35.5 Å². The lowest BCUT2D eigenvalue weighted by atomic mass is 9.85. The molecule has 8 nitrogen and oxygen atoms in total. The molecule has 1 N–H and O–H groups in total. The number of halogens is 1. The number of benzene rings is 1. The van der Waals surface area contributed by atoms with Crippen molar-refractivity contribution in [2.45, 2.75) is 38.8 Å². The second kappa shape index (κ2) is 7.93. The first-order valence-corrected chi connectivity index (χ1v) is 11.5. The van der Waals surface area contributed by atoms with Gasteiger partial charge in [-0.1, -0.05) is 32.4 Å². The van der Waals surface area contributed by atoms with Crippen LogP contribution in [0.2, 0.25) is 5.02 Å². The van der Waals surface area contributed by atoms with Crippen LogP contribution in [0.25, 0.3) is 0 Å².